The zero-order valence-electron chi connectivity index (χ0n) is 11.4. The van der Waals surface area contributed by atoms with E-state index in [9.17, 15) is 13.5 Å². The van der Waals surface area contributed by atoms with Gasteiger partial charge in [0.1, 0.15) is 23.0 Å². The van der Waals surface area contributed by atoms with Gasteiger partial charge in [0.2, 0.25) is 9.84 Å². The Labute approximate surface area is 123 Å². The molecule has 0 saturated heterocycles. The average Bonchev–Trinajstić information content (AvgIpc) is 2.71. The third-order valence-corrected chi connectivity index (χ3v) is 4.93. The number of rotatable bonds is 3. The first-order valence-electron chi connectivity index (χ1n) is 6.45. The number of ether oxygens (including phenoxy) is 1. The summed E-state index contributed by atoms with van der Waals surface area (Å²) in [5.74, 6) is 0.446. The van der Waals surface area contributed by atoms with E-state index < -0.39 is 9.84 Å². The zero-order chi connectivity index (χ0) is 15.0. The molecular formula is C16H14O4S. The number of phenolic OH excluding ortho intramolecular Hbond substituents is 1. The number of phenols is 1. The average molecular weight is 302 g/mol. The minimum absolute atomic E-state index is 0.0347. The second-order valence-corrected chi connectivity index (χ2v) is 6.68. The minimum Gasteiger partial charge on any atom is -0.507 e. The van der Waals surface area contributed by atoms with Crippen LogP contribution in [0.4, 0.5) is 0 Å². The van der Waals surface area contributed by atoms with Gasteiger partial charge in [-0.3, -0.25) is 0 Å². The molecule has 2 aromatic carbocycles. The molecule has 4 nitrogen and oxygen atoms in total. The molecule has 3 rings (SSSR count). The van der Waals surface area contributed by atoms with Crippen LogP contribution in [0.3, 0.4) is 0 Å². The van der Waals surface area contributed by atoms with Crippen molar-refractivity contribution in [3.8, 4) is 11.5 Å². The van der Waals surface area contributed by atoms with E-state index in [4.69, 9.17) is 4.74 Å². The molecule has 0 atom stereocenters. The van der Waals surface area contributed by atoms with Crippen molar-refractivity contribution < 1.29 is 18.3 Å². The highest BCUT2D eigenvalue weighted by atomic mass is 32.2. The Hall–Kier alpha value is -2.27. The Morgan fingerprint density at radius 3 is 2.52 bits per heavy atom. The molecule has 1 N–H and O–H groups in total. The highest BCUT2D eigenvalue weighted by molar-refractivity contribution is 7.95. The van der Waals surface area contributed by atoms with Crippen LogP contribution in [0.25, 0.3) is 5.57 Å². The lowest BCUT2D eigenvalue weighted by Gasteiger charge is -2.08. The van der Waals surface area contributed by atoms with Crippen LogP contribution in [0.15, 0.2) is 52.8 Å². The molecule has 1 heterocycles. The van der Waals surface area contributed by atoms with Crippen molar-refractivity contribution in [2.45, 2.75) is 11.8 Å². The number of aryl methyl sites for hydroxylation is 1. The fourth-order valence-corrected chi connectivity index (χ4v) is 3.85. The molecule has 0 aromatic heterocycles. The summed E-state index contributed by atoms with van der Waals surface area (Å²) in [7, 11) is -3.59. The summed E-state index contributed by atoms with van der Waals surface area (Å²) in [6.07, 6.45) is 0. The minimum atomic E-state index is -3.59. The van der Waals surface area contributed by atoms with E-state index in [0.717, 1.165) is 11.0 Å². The third kappa shape index (κ3) is 2.52. The van der Waals surface area contributed by atoms with Gasteiger partial charge in [-0.15, -0.1) is 0 Å². The third-order valence-electron chi connectivity index (χ3n) is 3.34. The highest BCUT2D eigenvalue weighted by Crippen LogP contribution is 2.38. The quantitative estimate of drug-likeness (QED) is 0.947. The van der Waals surface area contributed by atoms with Crippen molar-refractivity contribution in [3.63, 3.8) is 0 Å². The van der Waals surface area contributed by atoms with Crippen molar-refractivity contribution in [1.82, 2.24) is 0 Å². The van der Waals surface area contributed by atoms with Crippen molar-refractivity contribution in [1.29, 1.82) is 0 Å². The van der Waals surface area contributed by atoms with Gasteiger partial charge < -0.3 is 9.84 Å². The van der Waals surface area contributed by atoms with Crippen LogP contribution in [-0.2, 0) is 9.84 Å². The molecule has 5 heteroatoms. The van der Waals surface area contributed by atoms with Crippen LogP contribution in [-0.4, -0.2) is 20.1 Å². The van der Waals surface area contributed by atoms with Crippen molar-refractivity contribution >= 4 is 15.4 Å². The van der Waals surface area contributed by atoms with Crippen LogP contribution < -0.4 is 4.74 Å². The van der Waals surface area contributed by atoms with Gasteiger partial charge in [0.25, 0.3) is 0 Å². The predicted molar refractivity (Wildman–Crippen MR) is 79.9 cm³/mol. The maximum Gasteiger partial charge on any atom is 0.204 e. The van der Waals surface area contributed by atoms with Gasteiger partial charge in [-0.05, 0) is 25.1 Å². The van der Waals surface area contributed by atoms with Gasteiger partial charge >= 0.3 is 0 Å². The van der Waals surface area contributed by atoms with Gasteiger partial charge in [0.05, 0.1) is 0 Å². The second-order valence-electron chi connectivity index (χ2n) is 4.94. The molecule has 2 aromatic rings. The summed E-state index contributed by atoms with van der Waals surface area (Å²) in [4.78, 5) is -0.0347. The summed E-state index contributed by atoms with van der Waals surface area (Å²) in [5.41, 5.74) is 2.17. The number of fused-ring (bicyclic) bond motifs is 1. The van der Waals surface area contributed by atoms with Gasteiger partial charge in [0.15, 0.2) is 0 Å². The molecule has 108 valence electrons. The normalized spacial score (nSPS) is 15.4. The summed E-state index contributed by atoms with van der Waals surface area (Å²) >= 11 is 0. The van der Waals surface area contributed by atoms with E-state index >= 15 is 0 Å². The van der Waals surface area contributed by atoms with Crippen molar-refractivity contribution in [2.24, 2.45) is 0 Å². The monoisotopic (exact) mass is 302 g/mol. The Morgan fingerprint density at radius 1 is 1.10 bits per heavy atom. The number of hydrogen-bond donors (Lipinski definition) is 1. The maximum absolute atomic E-state index is 12.0. The fourth-order valence-electron chi connectivity index (χ4n) is 2.29. The zero-order valence-corrected chi connectivity index (χ0v) is 12.2. The number of hydrogen-bond acceptors (Lipinski definition) is 4. The lowest BCUT2D eigenvalue weighted by molar-refractivity contribution is 0.369. The molecule has 1 aliphatic rings. The molecular weight excluding hydrogens is 288 g/mol. The Morgan fingerprint density at radius 2 is 1.81 bits per heavy atom. The first kappa shape index (κ1) is 13.7. The lowest BCUT2D eigenvalue weighted by atomic mass is 10.1. The van der Waals surface area contributed by atoms with Crippen LogP contribution in [0.1, 0.15) is 11.1 Å². The van der Waals surface area contributed by atoms with Crippen LogP contribution in [0.2, 0.25) is 0 Å². The number of sulfone groups is 1. The molecule has 0 fully saturated rings. The van der Waals surface area contributed by atoms with Crippen LogP contribution >= 0.6 is 0 Å². The Bertz CT molecular complexity index is 818. The van der Waals surface area contributed by atoms with Gasteiger partial charge in [-0.2, -0.15) is 0 Å². The molecule has 0 spiro atoms. The summed E-state index contributed by atoms with van der Waals surface area (Å²) in [6, 6.07) is 12.2. The summed E-state index contributed by atoms with van der Waals surface area (Å²) in [5, 5.41) is 10.9. The second kappa shape index (κ2) is 4.93. The predicted octanol–water partition coefficient (Wildman–Crippen LogP) is 2.91. The first-order chi connectivity index (χ1) is 9.97. The molecule has 0 amide bonds. The summed E-state index contributed by atoms with van der Waals surface area (Å²) < 4.78 is 29.7. The topological polar surface area (TPSA) is 63.6 Å². The van der Waals surface area contributed by atoms with Gasteiger partial charge in [0, 0.05) is 16.5 Å². The van der Waals surface area contributed by atoms with Crippen molar-refractivity contribution in [3.05, 3.63) is 59.0 Å². The van der Waals surface area contributed by atoms with Crippen LogP contribution in [0, 0.1) is 6.92 Å². The molecule has 0 bridgehead atoms. The number of benzene rings is 2. The lowest BCUT2D eigenvalue weighted by Crippen LogP contribution is -1.99. The molecule has 21 heavy (non-hydrogen) atoms. The Kier molecular flexibility index (Phi) is 3.22. The highest BCUT2D eigenvalue weighted by Gasteiger charge is 2.30. The molecule has 0 radical (unpaired) electrons. The summed E-state index contributed by atoms with van der Waals surface area (Å²) in [6.45, 7) is 2.12. The SMILES string of the molecule is Cc1ccc(OCC2=CS(=O)(=O)c3c(O)cccc32)cc1. The molecule has 1 aliphatic heterocycles. The fraction of sp³-hybridized carbons (Fsp3) is 0.125. The van der Waals surface area contributed by atoms with Crippen LogP contribution in [0.5, 0.6) is 11.5 Å². The largest absolute Gasteiger partial charge is 0.507 e. The first-order valence-corrected chi connectivity index (χ1v) is 7.99. The van der Waals surface area contributed by atoms with E-state index in [0.29, 0.717) is 16.9 Å². The van der Waals surface area contributed by atoms with Gasteiger partial charge in [-0.25, -0.2) is 8.42 Å². The smallest absolute Gasteiger partial charge is 0.204 e. The van der Waals surface area contributed by atoms with E-state index in [1.54, 1.807) is 12.1 Å². The van der Waals surface area contributed by atoms with Gasteiger partial charge in [-0.1, -0.05) is 29.8 Å². The number of aromatic hydroxyl groups is 1. The van der Waals surface area contributed by atoms with E-state index in [1.165, 1.54) is 6.07 Å². The van der Waals surface area contributed by atoms with E-state index in [1.807, 2.05) is 31.2 Å². The molecule has 0 saturated carbocycles. The maximum atomic E-state index is 12.0. The Balaban J connectivity index is 1.88. The van der Waals surface area contributed by atoms with E-state index in [-0.39, 0.29) is 17.3 Å². The van der Waals surface area contributed by atoms with Crippen molar-refractivity contribution in [2.75, 3.05) is 6.61 Å². The molecule has 0 aliphatic carbocycles. The standard InChI is InChI=1S/C16H14O4S/c1-11-5-7-13(8-6-11)20-9-12-10-21(18,19)16-14(12)3-2-4-15(16)17/h2-8,10,17H,9H2,1H3. The van der Waals surface area contributed by atoms with E-state index in [2.05, 4.69) is 0 Å². The molecule has 0 unspecified atom stereocenters.